The van der Waals surface area contributed by atoms with Gasteiger partial charge >= 0.3 is 0 Å². The predicted molar refractivity (Wildman–Crippen MR) is 80.5 cm³/mol. The van der Waals surface area contributed by atoms with E-state index < -0.39 is 0 Å². The number of morpholine rings is 1. The van der Waals surface area contributed by atoms with Gasteiger partial charge in [0.25, 0.3) is 0 Å². The quantitative estimate of drug-likeness (QED) is 0.915. The summed E-state index contributed by atoms with van der Waals surface area (Å²) >= 11 is 0. The van der Waals surface area contributed by atoms with Crippen molar-refractivity contribution in [1.29, 1.82) is 5.26 Å². The first kappa shape index (κ1) is 14.2. The highest BCUT2D eigenvalue weighted by Crippen LogP contribution is 2.24. The number of fused-ring (bicyclic) bond motifs is 1. The van der Waals surface area contributed by atoms with Crippen LogP contribution in [0, 0.1) is 11.3 Å². The molecule has 1 aromatic carbocycles. The van der Waals surface area contributed by atoms with Crippen molar-refractivity contribution in [3.05, 3.63) is 23.8 Å². The van der Waals surface area contributed by atoms with Crippen molar-refractivity contribution in [2.75, 3.05) is 38.7 Å². The minimum absolute atomic E-state index is 0.178. The first-order valence-corrected chi connectivity index (χ1v) is 7.48. The second-order valence-corrected chi connectivity index (χ2v) is 5.65. The third-order valence-corrected chi connectivity index (χ3v) is 4.33. The molecule has 2 heterocycles. The Kier molecular flexibility index (Phi) is 4.28. The number of benzene rings is 1. The minimum Gasteiger partial charge on any atom is -0.497 e. The van der Waals surface area contributed by atoms with Crippen LogP contribution >= 0.6 is 0 Å². The molecular weight excluding hydrogens is 266 g/mol. The van der Waals surface area contributed by atoms with Gasteiger partial charge in [-0.05, 0) is 31.5 Å². The van der Waals surface area contributed by atoms with E-state index in [-0.39, 0.29) is 6.10 Å². The average Bonchev–Trinajstić information content (AvgIpc) is 3.00. The fourth-order valence-electron chi connectivity index (χ4n) is 3.13. The molecule has 0 aliphatic carbocycles. The van der Waals surface area contributed by atoms with Crippen LogP contribution in [0.1, 0.15) is 18.4 Å². The Labute approximate surface area is 125 Å². The monoisotopic (exact) mass is 287 g/mol. The van der Waals surface area contributed by atoms with Gasteiger partial charge in [0.05, 0.1) is 31.1 Å². The van der Waals surface area contributed by atoms with E-state index in [0.29, 0.717) is 18.2 Å². The lowest BCUT2D eigenvalue weighted by Gasteiger charge is -2.35. The first-order valence-electron chi connectivity index (χ1n) is 7.48. The van der Waals surface area contributed by atoms with E-state index in [1.807, 2.05) is 6.07 Å². The summed E-state index contributed by atoms with van der Waals surface area (Å²) in [4.78, 5) is 2.52. The normalized spacial score (nSPS) is 25.1. The maximum Gasteiger partial charge on any atom is 0.121 e. The van der Waals surface area contributed by atoms with Crippen LogP contribution < -0.4 is 10.1 Å². The molecule has 0 amide bonds. The molecule has 2 saturated heterocycles. The molecule has 2 atom stereocenters. The van der Waals surface area contributed by atoms with Gasteiger partial charge in [-0.15, -0.1) is 0 Å². The number of anilines is 1. The summed E-state index contributed by atoms with van der Waals surface area (Å²) in [5.74, 6) is 0.751. The molecule has 21 heavy (non-hydrogen) atoms. The van der Waals surface area contributed by atoms with Gasteiger partial charge in [0.1, 0.15) is 11.8 Å². The molecular formula is C16H21N3O2. The molecule has 0 aromatic heterocycles. The van der Waals surface area contributed by atoms with Crippen molar-refractivity contribution >= 4 is 5.69 Å². The van der Waals surface area contributed by atoms with Crippen molar-refractivity contribution in [2.24, 2.45) is 0 Å². The van der Waals surface area contributed by atoms with Gasteiger partial charge in [-0.2, -0.15) is 5.26 Å². The van der Waals surface area contributed by atoms with Crippen LogP contribution in [-0.2, 0) is 4.74 Å². The number of methoxy groups -OCH3 is 1. The molecule has 0 radical (unpaired) electrons. The van der Waals surface area contributed by atoms with Crippen molar-refractivity contribution < 1.29 is 9.47 Å². The molecule has 0 spiro atoms. The highest BCUT2D eigenvalue weighted by atomic mass is 16.5. The Hall–Kier alpha value is -1.77. The number of nitrogens with zero attached hydrogens (tertiary/aromatic N) is 2. The molecule has 2 aliphatic heterocycles. The molecule has 1 aromatic rings. The van der Waals surface area contributed by atoms with Gasteiger partial charge in [-0.25, -0.2) is 0 Å². The van der Waals surface area contributed by atoms with E-state index in [2.05, 4.69) is 16.3 Å². The fraction of sp³-hybridized carbons (Fsp3) is 0.562. The number of rotatable bonds is 4. The van der Waals surface area contributed by atoms with Crippen LogP contribution in [-0.4, -0.2) is 50.4 Å². The maximum atomic E-state index is 9.17. The standard InChI is InChI=1S/C16H21N3O2/c1-20-14-5-4-12(8-17)16(7-14)18-9-15-10-19-6-2-3-13(19)11-21-15/h4-5,7,13,15,18H,2-3,6,9-11H2,1H3. The summed E-state index contributed by atoms with van der Waals surface area (Å²) in [5, 5.41) is 12.5. The summed E-state index contributed by atoms with van der Waals surface area (Å²) in [6.45, 7) is 3.71. The van der Waals surface area contributed by atoms with Gasteiger partial charge in [0.15, 0.2) is 0 Å². The highest BCUT2D eigenvalue weighted by molar-refractivity contribution is 5.60. The lowest BCUT2D eigenvalue weighted by atomic mass is 10.1. The highest BCUT2D eigenvalue weighted by Gasteiger charge is 2.31. The van der Waals surface area contributed by atoms with E-state index in [4.69, 9.17) is 9.47 Å². The minimum atomic E-state index is 0.178. The number of hydrogen-bond donors (Lipinski definition) is 1. The van der Waals surface area contributed by atoms with Crippen molar-refractivity contribution in [3.63, 3.8) is 0 Å². The van der Waals surface area contributed by atoms with Crippen LogP contribution in [0.15, 0.2) is 18.2 Å². The van der Waals surface area contributed by atoms with E-state index >= 15 is 0 Å². The lowest BCUT2D eigenvalue weighted by molar-refractivity contribution is -0.0415. The largest absolute Gasteiger partial charge is 0.497 e. The number of nitriles is 1. The van der Waals surface area contributed by atoms with Gasteiger partial charge < -0.3 is 14.8 Å². The maximum absolute atomic E-state index is 9.17. The summed E-state index contributed by atoms with van der Waals surface area (Å²) in [7, 11) is 1.63. The van der Waals surface area contributed by atoms with Crippen LogP contribution in [0.25, 0.3) is 0 Å². The predicted octanol–water partition coefficient (Wildman–Crippen LogP) is 1.84. The van der Waals surface area contributed by atoms with Crippen molar-refractivity contribution in [2.45, 2.75) is 25.0 Å². The molecule has 3 rings (SSSR count). The Balaban J connectivity index is 1.61. The van der Waals surface area contributed by atoms with E-state index in [1.54, 1.807) is 19.2 Å². The van der Waals surface area contributed by atoms with Gasteiger partial charge in [0.2, 0.25) is 0 Å². The lowest BCUT2D eigenvalue weighted by Crippen LogP contribution is -2.48. The molecule has 2 unspecified atom stereocenters. The average molecular weight is 287 g/mol. The summed E-state index contributed by atoms with van der Waals surface area (Å²) < 4.78 is 11.1. The van der Waals surface area contributed by atoms with Crippen LogP contribution in [0.3, 0.4) is 0 Å². The van der Waals surface area contributed by atoms with Crippen LogP contribution in [0.2, 0.25) is 0 Å². The smallest absolute Gasteiger partial charge is 0.121 e. The molecule has 0 saturated carbocycles. The summed E-state index contributed by atoms with van der Waals surface area (Å²) in [6, 6.07) is 8.26. The molecule has 1 N–H and O–H groups in total. The fourth-order valence-corrected chi connectivity index (χ4v) is 3.13. The van der Waals surface area contributed by atoms with E-state index in [1.165, 1.54) is 19.4 Å². The first-order chi connectivity index (χ1) is 10.3. The zero-order valence-corrected chi connectivity index (χ0v) is 12.3. The topological polar surface area (TPSA) is 57.5 Å². The number of ether oxygens (including phenoxy) is 2. The van der Waals surface area contributed by atoms with Gasteiger partial charge in [-0.1, -0.05) is 0 Å². The molecule has 5 nitrogen and oxygen atoms in total. The Morgan fingerprint density at radius 2 is 2.43 bits per heavy atom. The Morgan fingerprint density at radius 3 is 3.24 bits per heavy atom. The third-order valence-electron chi connectivity index (χ3n) is 4.33. The van der Waals surface area contributed by atoms with Gasteiger partial charge in [0, 0.05) is 25.2 Å². The molecule has 0 bridgehead atoms. The number of nitrogens with one attached hydrogen (secondary N) is 1. The van der Waals surface area contributed by atoms with E-state index in [0.717, 1.165) is 24.6 Å². The number of hydrogen-bond acceptors (Lipinski definition) is 5. The summed E-state index contributed by atoms with van der Waals surface area (Å²) in [5.41, 5.74) is 1.44. The Morgan fingerprint density at radius 1 is 1.52 bits per heavy atom. The second-order valence-electron chi connectivity index (χ2n) is 5.65. The molecule has 5 heteroatoms. The SMILES string of the molecule is COc1ccc(C#N)c(NCC2CN3CCCC3CO2)c1. The molecule has 112 valence electrons. The summed E-state index contributed by atoms with van der Waals surface area (Å²) in [6.07, 6.45) is 2.72. The van der Waals surface area contributed by atoms with Crippen molar-refractivity contribution in [3.8, 4) is 11.8 Å². The molecule has 2 fully saturated rings. The zero-order valence-electron chi connectivity index (χ0n) is 12.3. The van der Waals surface area contributed by atoms with Crippen LogP contribution in [0.4, 0.5) is 5.69 Å². The van der Waals surface area contributed by atoms with Crippen molar-refractivity contribution in [1.82, 2.24) is 4.90 Å². The second kappa shape index (κ2) is 6.33. The van der Waals surface area contributed by atoms with Crippen LogP contribution in [0.5, 0.6) is 5.75 Å². The van der Waals surface area contributed by atoms with Gasteiger partial charge in [-0.3, -0.25) is 4.90 Å². The molecule has 2 aliphatic rings. The van der Waals surface area contributed by atoms with E-state index in [9.17, 15) is 5.26 Å². The zero-order chi connectivity index (χ0) is 14.7. The third kappa shape index (κ3) is 3.12. The Bertz CT molecular complexity index is 541.